The van der Waals surface area contributed by atoms with Gasteiger partial charge in [0.05, 0.1) is 0 Å². The monoisotopic (exact) mass is 357 g/mol. The lowest BCUT2D eigenvalue weighted by molar-refractivity contribution is -0.120. The van der Waals surface area contributed by atoms with Crippen molar-refractivity contribution < 1.29 is 14.0 Å². The fourth-order valence-electron chi connectivity index (χ4n) is 2.73. The molecule has 2 aromatic rings. The third-order valence-corrected chi connectivity index (χ3v) is 4.08. The molecule has 1 N–H and O–H groups in total. The van der Waals surface area contributed by atoms with Gasteiger partial charge in [0, 0.05) is 37.1 Å². The number of halogens is 1. The highest BCUT2D eigenvalue weighted by Crippen LogP contribution is 2.21. The second-order valence-electron chi connectivity index (χ2n) is 5.85. The Hall–Kier alpha value is -2.89. The molecule has 0 unspecified atom stereocenters. The first kappa shape index (κ1) is 19.4. The van der Waals surface area contributed by atoms with Crippen molar-refractivity contribution in [2.45, 2.75) is 20.8 Å². The Morgan fingerprint density at radius 1 is 1.00 bits per heavy atom. The van der Waals surface area contributed by atoms with Crippen molar-refractivity contribution in [1.82, 2.24) is 0 Å². The molecular weight excluding hydrogens is 333 g/mol. The van der Waals surface area contributed by atoms with Crippen LogP contribution in [0.1, 0.15) is 20.8 Å². The van der Waals surface area contributed by atoms with Crippen LogP contribution in [0.5, 0.6) is 0 Å². The van der Waals surface area contributed by atoms with Gasteiger partial charge in [0.25, 0.3) is 0 Å². The fraction of sp³-hybridized carbons (Fsp3) is 0.300. The Labute approximate surface area is 153 Å². The summed E-state index contributed by atoms with van der Waals surface area (Å²) in [6, 6.07) is 13.2. The van der Waals surface area contributed by atoms with Gasteiger partial charge in [-0.3, -0.25) is 9.59 Å². The summed E-state index contributed by atoms with van der Waals surface area (Å²) in [5.41, 5.74) is 2.06. The molecule has 26 heavy (non-hydrogen) atoms. The normalized spacial score (nSPS) is 10.3. The number of carbonyl (C=O) groups excluding carboxylic acids is 2. The Kier molecular flexibility index (Phi) is 6.72. The zero-order valence-electron chi connectivity index (χ0n) is 15.3. The summed E-state index contributed by atoms with van der Waals surface area (Å²) in [5, 5.41) is 2.60. The number of amides is 2. The largest absolute Gasteiger partial charge is 0.372 e. The van der Waals surface area contributed by atoms with Crippen LogP contribution in [0.2, 0.25) is 0 Å². The number of carbonyl (C=O) groups is 2. The Morgan fingerprint density at radius 3 is 2.15 bits per heavy atom. The number of nitrogens with zero attached hydrogens (tertiary/aromatic N) is 2. The highest BCUT2D eigenvalue weighted by atomic mass is 19.1. The van der Waals surface area contributed by atoms with Crippen molar-refractivity contribution in [3.63, 3.8) is 0 Å². The molecule has 0 aromatic heterocycles. The van der Waals surface area contributed by atoms with E-state index in [1.165, 1.54) is 30.0 Å². The van der Waals surface area contributed by atoms with E-state index in [0.29, 0.717) is 11.4 Å². The van der Waals surface area contributed by atoms with Gasteiger partial charge in [0.2, 0.25) is 11.8 Å². The van der Waals surface area contributed by atoms with Crippen LogP contribution in [-0.2, 0) is 9.59 Å². The lowest BCUT2D eigenvalue weighted by atomic mass is 10.2. The van der Waals surface area contributed by atoms with Crippen molar-refractivity contribution >= 4 is 28.9 Å². The number of benzene rings is 2. The minimum absolute atomic E-state index is 0.142. The zero-order valence-corrected chi connectivity index (χ0v) is 15.3. The molecule has 2 aromatic carbocycles. The maximum atomic E-state index is 13.2. The summed E-state index contributed by atoms with van der Waals surface area (Å²) in [4.78, 5) is 27.8. The molecule has 0 saturated heterocycles. The maximum absolute atomic E-state index is 13.2. The van der Waals surface area contributed by atoms with Gasteiger partial charge in [-0.1, -0.05) is 6.07 Å². The summed E-state index contributed by atoms with van der Waals surface area (Å²) in [6.45, 7) is 7.21. The van der Waals surface area contributed by atoms with Gasteiger partial charge >= 0.3 is 0 Å². The van der Waals surface area contributed by atoms with E-state index in [0.717, 1.165) is 18.8 Å². The van der Waals surface area contributed by atoms with Gasteiger partial charge in [0.1, 0.15) is 12.4 Å². The average molecular weight is 357 g/mol. The van der Waals surface area contributed by atoms with E-state index >= 15 is 0 Å². The Bertz CT molecular complexity index is 758. The smallest absolute Gasteiger partial charge is 0.244 e. The van der Waals surface area contributed by atoms with Crippen molar-refractivity contribution in [2.24, 2.45) is 0 Å². The van der Waals surface area contributed by atoms with Gasteiger partial charge in [-0.25, -0.2) is 4.39 Å². The third-order valence-electron chi connectivity index (χ3n) is 4.08. The van der Waals surface area contributed by atoms with Gasteiger partial charge in [-0.2, -0.15) is 0 Å². The topological polar surface area (TPSA) is 52.6 Å². The molecule has 0 aliphatic rings. The van der Waals surface area contributed by atoms with E-state index < -0.39 is 11.7 Å². The van der Waals surface area contributed by atoms with Crippen molar-refractivity contribution in [3.8, 4) is 0 Å². The van der Waals surface area contributed by atoms with E-state index in [1.807, 2.05) is 24.3 Å². The van der Waals surface area contributed by atoms with Crippen LogP contribution in [-0.4, -0.2) is 31.4 Å². The number of hydrogen-bond donors (Lipinski definition) is 1. The second-order valence-corrected chi connectivity index (χ2v) is 5.85. The summed E-state index contributed by atoms with van der Waals surface area (Å²) < 4.78 is 13.2. The first-order valence-electron chi connectivity index (χ1n) is 8.63. The van der Waals surface area contributed by atoms with E-state index in [2.05, 4.69) is 24.1 Å². The van der Waals surface area contributed by atoms with Crippen molar-refractivity contribution in [1.29, 1.82) is 0 Å². The quantitative estimate of drug-likeness (QED) is 0.823. The molecular formula is C20H24FN3O2. The Morgan fingerprint density at radius 2 is 1.62 bits per heavy atom. The minimum atomic E-state index is -0.432. The molecule has 0 heterocycles. The Balaban J connectivity index is 2.10. The van der Waals surface area contributed by atoms with Crippen LogP contribution >= 0.6 is 0 Å². The molecule has 0 atom stereocenters. The predicted molar refractivity (Wildman–Crippen MR) is 103 cm³/mol. The molecule has 2 rings (SSSR count). The van der Waals surface area contributed by atoms with E-state index in [9.17, 15) is 14.0 Å². The second kappa shape index (κ2) is 8.99. The minimum Gasteiger partial charge on any atom is -0.372 e. The lowest BCUT2D eigenvalue weighted by Gasteiger charge is -2.24. The molecule has 138 valence electrons. The van der Waals surface area contributed by atoms with Crippen LogP contribution < -0.4 is 15.1 Å². The summed E-state index contributed by atoms with van der Waals surface area (Å²) >= 11 is 0. The molecule has 0 fully saturated rings. The summed E-state index contributed by atoms with van der Waals surface area (Å²) in [5.74, 6) is -1.06. The van der Waals surface area contributed by atoms with Crippen molar-refractivity contribution in [3.05, 3.63) is 54.3 Å². The van der Waals surface area contributed by atoms with Crippen molar-refractivity contribution in [2.75, 3.05) is 34.8 Å². The number of rotatable bonds is 7. The first-order valence-corrected chi connectivity index (χ1v) is 8.63. The molecule has 2 amide bonds. The van der Waals surface area contributed by atoms with Crippen LogP contribution in [0.3, 0.4) is 0 Å². The number of anilines is 3. The highest BCUT2D eigenvalue weighted by Gasteiger charge is 2.16. The molecule has 0 saturated carbocycles. The summed E-state index contributed by atoms with van der Waals surface area (Å²) in [7, 11) is 0. The van der Waals surface area contributed by atoms with Gasteiger partial charge in [0.15, 0.2) is 0 Å². The molecule has 0 aliphatic carbocycles. The van der Waals surface area contributed by atoms with Crippen LogP contribution in [0.15, 0.2) is 48.5 Å². The average Bonchev–Trinajstić information content (AvgIpc) is 2.61. The van der Waals surface area contributed by atoms with E-state index in [1.54, 1.807) is 6.07 Å². The van der Waals surface area contributed by atoms with Gasteiger partial charge in [-0.05, 0) is 56.3 Å². The zero-order chi connectivity index (χ0) is 19.1. The molecule has 0 radical (unpaired) electrons. The highest BCUT2D eigenvalue weighted by molar-refractivity contribution is 6.01. The van der Waals surface area contributed by atoms with Crippen LogP contribution in [0.25, 0.3) is 0 Å². The first-order chi connectivity index (χ1) is 12.4. The van der Waals surface area contributed by atoms with Gasteiger partial charge in [-0.15, -0.1) is 0 Å². The molecule has 6 heteroatoms. The van der Waals surface area contributed by atoms with Crippen LogP contribution in [0.4, 0.5) is 21.5 Å². The fourth-order valence-corrected chi connectivity index (χ4v) is 2.73. The standard InChI is InChI=1S/C20H24FN3O2/c1-4-23(5-2)18-9-11-19(12-10-18)24(15(3)25)14-20(26)22-17-8-6-7-16(21)13-17/h6-13H,4-5,14H2,1-3H3,(H,22,26). The summed E-state index contributed by atoms with van der Waals surface area (Å²) in [6.07, 6.45) is 0. The third kappa shape index (κ3) is 5.05. The van der Waals surface area contributed by atoms with Gasteiger partial charge < -0.3 is 15.1 Å². The van der Waals surface area contributed by atoms with E-state index in [-0.39, 0.29) is 12.5 Å². The molecule has 5 nitrogen and oxygen atoms in total. The number of hydrogen-bond acceptors (Lipinski definition) is 3. The van der Waals surface area contributed by atoms with E-state index in [4.69, 9.17) is 0 Å². The molecule has 0 spiro atoms. The maximum Gasteiger partial charge on any atom is 0.244 e. The molecule has 0 bridgehead atoms. The molecule has 0 aliphatic heterocycles. The lowest BCUT2D eigenvalue weighted by Crippen LogP contribution is -2.36. The SMILES string of the molecule is CCN(CC)c1ccc(N(CC(=O)Nc2cccc(F)c2)C(C)=O)cc1. The predicted octanol–water partition coefficient (Wildman–Crippen LogP) is 3.66. The number of nitrogens with one attached hydrogen (secondary N) is 1. The van der Waals surface area contributed by atoms with Crippen LogP contribution in [0, 0.1) is 5.82 Å².